The molecule has 0 aromatic heterocycles. The lowest BCUT2D eigenvalue weighted by Crippen LogP contribution is -2.19. The maximum atomic E-state index is 12.0. The number of rotatable bonds is 3. The molecule has 1 heterocycles. The molecule has 2 unspecified atom stereocenters. The molecule has 1 aliphatic rings. The zero-order valence-corrected chi connectivity index (χ0v) is 10.8. The lowest BCUT2D eigenvalue weighted by atomic mass is 9.95. The average Bonchev–Trinajstić information content (AvgIpc) is 2.49. The first kappa shape index (κ1) is 12.4. The lowest BCUT2D eigenvalue weighted by molar-refractivity contribution is 0.413. The molecule has 1 aliphatic heterocycles. The second-order valence-corrected chi connectivity index (χ2v) is 6.60. The van der Waals surface area contributed by atoms with E-state index in [1.165, 1.54) is 0 Å². The monoisotopic (exact) mass is 255 g/mol. The van der Waals surface area contributed by atoms with Gasteiger partial charge in [-0.1, -0.05) is 0 Å². The van der Waals surface area contributed by atoms with Gasteiger partial charge in [0.25, 0.3) is 0 Å². The quantitative estimate of drug-likeness (QED) is 0.884. The van der Waals surface area contributed by atoms with E-state index in [-0.39, 0.29) is 17.7 Å². The molecule has 5 heteroatoms. The van der Waals surface area contributed by atoms with E-state index in [0.29, 0.717) is 17.1 Å². The summed E-state index contributed by atoms with van der Waals surface area (Å²) in [6.07, 6.45) is 0.680. The Morgan fingerprint density at radius 2 is 2.24 bits per heavy atom. The molecule has 0 saturated heterocycles. The first-order valence-electron chi connectivity index (χ1n) is 5.60. The maximum Gasteiger partial charge on any atom is 0.179 e. The smallest absolute Gasteiger partial charge is 0.179 e. The SMILES string of the molecule is COc1ccc2c(c1)C(CC(C)N)CS2(=O)=O. The summed E-state index contributed by atoms with van der Waals surface area (Å²) in [6.45, 7) is 1.89. The second-order valence-electron chi connectivity index (χ2n) is 4.60. The largest absolute Gasteiger partial charge is 0.497 e. The van der Waals surface area contributed by atoms with Crippen molar-refractivity contribution in [2.75, 3.05) is 12.9 Å². The summed E-state index contributed by atoms with van der Waals surface area (Å²) in [7, 11) is -1.56. The van der Waals surface area contributed by atoms with Gasteiger partial charge in [-0.15, -0.1) is 0 Å². The summed E-state index contributed by atoms with van der Waals surface area (Å²) in [5.74, 6) is 0.845. The molecule has 0 bridgehead atoms. The number of hydrogen-bond donors (Lipinski definition) is 1. The molecular formula is C12H17NO3S. The van der Waals surface area contributed by atoms with Crippen LogP contribution in [0, 0.1) is 0 Å². The fraction of sp³-hybridized carbons (Fsp3) is 0.500. The Bertz CT molecular complexity index is 523. The Hall–Kier alpha value is -1.07. The van der Waals surface area contributed by atoms with Crippen LogP contribution in [0.5, 0.6) is 5.75 Å². The summed E-state index contributed by atoms with van der Waals surface area (Å²) in [4.78, 5) is 0.434. The van der Waals surface area contributed by atoms with Crippen molar-refractivity contribution in [2.24, 2.45) is 5.73 Å². The average molecular weight is 255 g/mol. The van der Waals surface area contributed by atoms with E-state index < -0.39 is 9.84 Å². The third-order valence-corrected chi connectivity index (χ3v) is 4.95. The Morgan fingerprint density at radius 3 is 2.82 bits per heavy atom. The zero-order valence-electron chi connectivity index (χ0n) is 10.0. The molecule has 0 amide bonds. The molecule has 4 nitrogen and oxygen atoms in total. The fourth-order valence-corrected chi connectivity index (χ4v) is 4.23. The van der Waals surface area contributed by atoms with Crippen LogP contribution >= 0.6 is 0 Å². The van der Waals surface area contributed by atoms with Gasteiger partial charge >= 0.3 is 0 Å². The first-order valence-corrected chi connectivity index (χ1v) is 7.25. The minimum Gasteiger partial charge on any atom is -0.497 e. The van der Waals surface area contributed by atoms with Crippen LogP contribution in [-0.4, -0.2) is 27.3 Å². The molecule has 2 N–H and O–H groups in total. The Morgan fingerprint density at radius 1 is 1.53 bits per heavy atom. The Labute approximate surface area is 102 Å². The van der Waals surface area contributed by atoms with Crippen molar-refractivity contribution in [3.05, 3.63) is 23.8 Å². The fourth-order valence-electron chi connectivity index (χ4n) is 2.34. The van der Waals surface area contributed by atoms with Gasteiger partial charge in [-0.2, -0.15) is 0 Å². The van der Waals surface area contributed by atoms with Crippen molar-refractivity contribution in [1.82, 2.24) is 0 Å². The molecule has 0 aliphatic carbocycles. The van der Waals surface area contributed by atoms with Gasteiger partial charge < -0.3 is 10.5 Å². The highest BCUT2D eigenvalue weighted by atomic mass is 32.2. The van der Waals surface area contributed by atoms with Gasteiger partial charge in [-0.05, 0) is 37.1 Å². The molecule has 1 aromatic carbocycles. The predicted molar refractivity (Wildman–Crippen MR) is 66.1 cm³/mol. The molecule has 2 atom stereocenters. The van der Waals surface area contributed by atoms with E-state index in [0.717, 1.165) is 5.56 Å². The number of methoxy groups -OCH3 is 1. The second kappa shape index (κ2) is 4.31. The van der Waals surface area contributed by atoms with Crippen LogP contribution in [0.25, 0.3) is 0 Å². The summed E-state index contributed by atoms with van der Waals surface area (Å²) in [5.41, 5.74) is 6.61. The van der Waals surface area contributed by atoms with Crippen LogP contribution in [0.3, 0.4) is 0 Å². The number of hydrogen-bond acceptors (Lipinski definition) is 4. The van der Waals surface area contributed by atoms with Crippen molar-refractivity contribution in [3.63, 3.8) is 0 Å². The topological polar surface area (TPSA) is 69.4 Å². The van der Waals surface area contributed by atoms with Crippen LogP contribution in [0.1, 0.15) is 24.8 Å². The molecule has 94 valence electrons. The molecule has 0 saturated carbocycles. The highest BCUT2D eigenvalue weighted by Crippen LogP contribution is 2.39. The zero-order chi connectivity index (χ0) is 12.6. The summed E-state index contributed by atoms with van der Waals surface area (Å²) in [5, 5.41) is 0. The number of ether oxygens (including phenoxy) is 1. The van der Waals surface area contributed by atoms with Crippen molar-refractivity contribution < 1.29 is 13.2 Å². The molecule has 0 fully saturated rings. The van der Waals surface area contributed by atoms with Gasteiger partial charge in [0.15, 0.2) is 9.84 Å². The number of nitrogens with two attached hydrogens (primary N) is 1. The summed E-state index contributed by atoms with van der Waals surface area (Å²) < 4.78 is 29.1. The molecule has 1 aromatic rings. The van der Waals surface area contributed by atoms with Crippen molar-refractivity contribution in [1.29, 1.82) is 0 Å². The van der Waals surface area contributed by atoms with Crippen LogP contribution in [0.4, 0.5) is 0 Å². The van der Waals surface area contributed by atoms with Crippen LogP contribution in [0.15, 0.2) is 23.1 Å². The van der Waals surface area contributed by atoms with Crippen molar-refractivity contribution >= 4 is 9.84 Å². The van der Waals surface area contributed by atoms with Gasteiger partial charge in [0, 0.05) is 12.0 Å². The van der Waals surface area contributed by atoms with Crippen LogP contribution in [0.2, 0.25) is 0 Å². The molecular weight excluding hydrogens is 238 g/mol. The van der Waals surface area contributed by atoms with E-state index in [4.69, 9.17) is 10.5 Å². The minimum atomic E-state index is -3.14. The standard InChI is InChI=1S/C12H17NO3S/c1-8(13)5-9-7-17(14,15)12-4-3-10(16-2)6-11(9)12/h3-4,6,8-9H,5,7,13H2,1-2H3. The minimum absolute atomic E-state index is 0.00708. The summed E-state index contributed by atoms with van der Waals surface area (Å²) in [6, 6.07) is 5.12. The predicted octanol–water partition coefficient (Wildman–Crippen LogP) is 1.30. The highest BCUT2D eigenvalue weighted by molar-refractivity contribution is 7.91. The highest BCUT2D eigenvalue weighted by Gasteiger charge is 2.35. The van der Waals surface area contributed by atoms with E-state index >= 15 is 0 Å². The molecule has 2 rings (SSSR count). The number of sulfone groups is 1. The van der Waals surface area contributed by atoms with Crippen LogP contribution < -0.4 is 10.5 Å². The van der Waals surface area contributed by atoms with Crippen LogP contribution in [-0.2, 0) is 9.84 Å². The number of fused-ring (bicyclic) bond motifs is 1. The maximum absolute atomic E-state index is 12.0. The Balaban J connectivity index is 2.46. The first-order chi connectivity index (χ1) is 7.94. The van der Waals surface area contributed by atoms with E-state index in [1.54, 1.807) is 19.2 Å². The normalized spacial score (nSPS) is 23.1. The third kappa shape index (κ3) is 2.30. The van der Waals surface area contributed by atoms with Crippen molar-refractivity contribution in [3.8, 4) is 5.75 Å². The van der Waals surface area contributed by atoms with Crippen molar-refractivity contribution in [2.45, 2.75) is 30.2 Å². The lowest BCUT2D eigenvalue weighted by Gasteiger charge is -2.13. The molecule has 17 heavy (non-hydrogen) atoms. The van der Waals surface area contributed by atoms with Gasteiger partial charge in [0.05, 0.1) is 17.8 Å². The molecule has 0 spiro atoms. The summed E-state index contributed by atoms with van der Waals surface area (Å²) >= 11 is 0. The van der Waals surface area contributed by atoms with E-state index in [9.17, 15) is 8.42 Å². The third-order valence-electron chi connectivity index (χ3n) is 3.07. The number of benzene rings is 1. The van der Waals surface area contributed by atoms with E-state index in [2.05, 4.69) is 0 Å². The van der Waals surface area contributed by atoms with E-state index in [1.807, 2.05) is 13.0 Å². The van der Waals surface area contributed by atoms with Gasteiger partial charge in [-0.25, -0.2) is 8.42 Å². The van der Waals surface area contributed by atoms with Gasteiger partial charge in [-0.3, -0.25) is 0 Å². The Kier molecular flexibility index (Phi) is 3.14. The van der Waals surface area contributed by atoms with Gasteiger partial charge in [0.2, 0.25) is 0 Å². The van der Waals surface area contributed by atoms with Gasteiger partial charge in [0.1, 0.15) is 5.75 Å². The molecule has 0 radical (unpaired) electrons.